The van der Waals surface area contributed by atoms with E-state index >= 15 is 0 Å². The van der Waals surface area contributed by atoms with E-state index in [-0.39, 0.29) is 13.2 Å². The average Bonchev–Trinajstić information content (AvgIpc) is 2.81. The number of alkyl halides is 3. The number of hydrogen-bond donors (Lipinski definition) is 2. The molecule has 2 aromatic carbocycles. The first-order chi connectivity index (χ1) is 16.7. The molecule has 0 bridgehead atoms. The Kier molecular flexibility index (Phi) is 8.23. The Hall–Kier alpha value is -2.31. The third-order valence-electron chi connectivity index (χ3n) is 6.06. The quantitative estimate of drug-likeness (QED) is 0.497. The fraction of sp³-hybridized carbons (Fsp3) is 0.458. The smallest absolute Gasteiger partial charge is 0.416 e. The standard InChI is InChI=1S/C24H28F3N3O4S/c25-24(26,27)17-5-6-22-20(13-17)30(19-3-1-2-4-21(19)35-22)15-18(31)14-29-9-7-28(8-10-29)11-12-34-16-23(32)33/h1-6,13,18,31H,7-12,14-16H2,(H,32,33). The van der Waals surface area contributed by atoms with Gasteiger partial charge < -0.3 is 19.8 Å². The van der Waals surface area contributed by atoms with Crippen LogP contribution < -0.4 is 4.90 Å². The van der Waals surface area contributed by atoms with Crippen molar-refractivity contribution in [3.8, 4) is 0 Å². The summed E-state index contributed by atoms with van der Waals surface area (Å²) in [5, 5.41) is 19.5. The van der Waals surface area contributed by atoms with E-state index in [9.17, 15) is 23.1 Å². The van der Waals surface area contributed by atoms with Crippen LogP contribution in [0, 0.1) is 0 Å². The van der Waals surface area contributed by atoms with E-state index in [1.165, 1.54) is 17.8 Å². The third kappa shape index (κ3) is 6.68. The predicted molar refractivity (Wildman–Crippen MR) is 126 cm³/mol. The van der Waals surface area contributed by atoms with Crippen LogP contribution in [0.3, 0.4) is 0 Å². The number of β-amino-alcohol motifs (C(OH)–C–C–N with tert-alkyl or cyclic N) is 1. The van der Waals surface area contributed by atoms with Gasteiger partial charge in [-0.15, -0.1) is 0 Å². The normalized spacial score (nSPS) is 17.7. The van der Waals surface area contributed by atoms with Crippen molar-refractivity contribution in [2.75, 3.05) is 63.9 Å². The number of carboxylic acids is 1. The molecule has 4 rings (SSSR count). The van der Waals surface area contributed by atoms with E-state index in [4.69, 9.17) is 9.84 Å². The molecular formula is C24H28F3N3O4S. The number of carboxylic acid groups (broad SMARTS) is 1. The molecule has 1 fully saturated rings. The van der Waals surface area contributed by atoms with Crippen molar-refractivity contribution in [3.63, 3.8) is 0 Å². The van der Waals surface area contributed by atoms with Crippen LogP contribution in [0.2, 0.25) is 0 Å². The lowest BCUT2D eigenvalue weighted by molar-refractivity contribution is -0.142. The van der Waals surface area contributed by atoms with Gasteiger partial charge in [0.05, 0.1) is 36.2 Å². The van der Waals surface area contributed by atoms with Crippen molar-refractivity contribution in [2.24, 2.45) is 0 Å². The lowest BCUT2D eigenvalue weighted by atomic mass is 10.1. The molecule has 2 aliphatic heterocycles. The van der Waals surface area contributed by atoms with Crippen LogP contribution in [-0.4, -0.2) is 91.1 Å². The highest BCUT2D eigenvalue weighted by molar-refractivity contribution is 7.99. The lowest BCUT2D eigenvalue weighted by Gasteiger charge is -2.38. The maximum Gasteiger partial charge on any atom is 0.416 e. The van der Waals surface area contributed by atoms with Crippen molar-refractivity contribution >= 4 is 29.1 Å². The van der Waals surface area contributed by atoms with Crippen LogP contribution >= 0.6 is 11.8 Å². The molecule has 0 saturated carbocycles. The first-order valence-electron chi connectivity index (χ1n) is 11.4. The molecule has 2 N–H and O–H groups in total. The topological polar surface area (TPSA) is 76.5 Å². The number of benzene rings is 2. The molecule has 2 aromatic rings. The van der Waals surface area contributed by atoms with Crippen LogP contribution in [0.4, 0.5) is 24.5 Å². The van der Waals surface area contributed by atoms with Crippen molar-refractivity contribution in [1.29, 1.82) is 0 Å². The number of anilines is 2. The highest BCUT2D eigenvalue weighted by Crippen LogP contribution is 2.49. The van der Waals surface area contributed by atoms with Crippen LogP contribution in [0.1, 0.15) is 5.56 Å². The van der Waals surface area contributed by atoms with Crippen molar-refractivity contribution in [3.05, 3.63) is 48.0 Å². The Morgan fingerprint density at radius 1 is 1.00 bits per heavy atom. The Morgan fingerprint density at radius 3 is 2.40 bits per heavy atom. The van der Waals surface area contributed by atoms with Gasteiger partial charge in [0, 0.05) is 49.1 Å². The zero-order valence-electron chi connectivity index (χ0n) is 19.1. The van der Waals surface area contributed by atoms with Crippen LogP contribution in [-0.2, 0) is 15.7 Å². The fourth-order valence-electron chi connectivity index (χ4n) is 4.32. The largest absolute Gasteiger partial charge is 0.480 e. The number of para-hydroxylation sites is 1. The average molecular weight is 512 g/mol. The molecule has 1 unspecified atom stereocenters. The summed E-state index contributed by atoms with van der Waals surface area (Å²) in [4.78, 5) is 18.3. The Labute approximate surface area is 206 Å². The summed E-state index contributed by atoms with van der Waals surface area (Å²) < 4.78 is 45.3. The highest BCUT2D eigenvalue weighted by Gasteiger charge is 2.34. The van der Waals surface area contributed by atoms with E-state index in [0.29, 0.717) is 25.4 Å². The van der Waals surface area contributed by atoms with Crippen molar-refractivity contribution in [1.82, 2.24) is 9.80 Å². The molecule has 0 aromatic heterocycles. The van der Waals surface area contributed by atoms with Crippen LogP contribution in [0.5, 0.6) is 0 Å². The lowest BCUT2D eigenvalue weighted by Crippen LogP contribution is -2.50. The van der Waals surface area contributed by atoms with Crippen molar-refractivity contribution < 1.29 is 32.9 Å². The van der Waals surface area contributed by atoms with E-state index in [1.807, 2.05) is 24.3 Å². The summed E-state index contributed by atoms with van der Waals surface area (Å²) in [6.45, 7) is 4.27. The Bertz CT molecular complexity index is 1030. The summed E-state index contributed by atoms with van der Waals surface area (Å²) in [5.74, 6) is -0.990. The van der Waals surface area contributed by atoms with Gasteiger partial charge in [0.2, 0.25) is 0 Å². The summed E-state index contributed by atoms with van der Waals surface area (Å²) in [6, 6.07) is 11.3. The van der Waals surface area contributed by atoms with Gasteiger partial charge in [-0.2, -0.15) is 13.2 Å². The van der Waals surface area contributed by atoms with Gasteiger partial charge in [-0.3, -0.25) is 9.80 Å². The van der Waals surface area contributed by atoms with Gasteiger partial charge in [-0.05, 0) is 30.3 Å². The molecule has 0 aliphatic carbocycles. The van der Waals surface area contributed by atoms with Crippen LogP contribution in [0.15, 0.2) is 52.3 Å². The third-order valence-corrected chi connectivity index (χ3v) is 7.19. The maximum atomic E-state index is 13.4. The molecule has 1 saturated heterocycles. The number of aliphatic carboxylic acids is 1. The molecule has 190 valence electrons. The number of fused-ring (bicyclic) bond motifs is 2. The molecule has 0 radical (unpaired) electrons. The summed E-state index contributed by atoms with van der Waals surface area (Å²) in [6.07, 6.45) is -5.21. The summed E-state index contributed by atoms with van der Waals surface area (Å²) in [7, 11) is 0. The number of nitrogens with zero attached hydrogens (tertiary/aromatic N) is 3. The van der Waals surface area contributed by atoms with Gasteiger partial charge >= 0.3 is 12.1 Å². The van der Waals surface area contributed by atoms with Gasteiger partial charge in [0.1, 0.15) is 6.61 Å². The van der Waals surface area contributed by atoms with Crippen molar-refractivity contribution in [2.45, 2.75) is 22.1 Å². The first-order valence-corrected chi connectivity index (χ1v) is 12.2. The number of hydrogen-bond acceptors (Lipinski definition) is 7. The molecule has 2 aliphatic rings. The van der Waals surface area contributed by atoms with E-state index < -0.39 is 23.8 Å². The number of aliphatic hydroxyl groups is 1. The molecule has 0 amide bonds. The van der Waals surface area contributed by atoms with E-state index in [2.05, 4.69) is 9.80 Å². The zero-order chi connectivity index (χ0) is 25.0. The van der Waals surface area contributed by atoms with Gasteiger partial charge in [-0.25, -0.2) is 4.79 Å². The van der Waals surface area contributed by atoms with Gasteiger partial charge in [-0.1, -0.05) is 23.9 Å². The second-order valence-electron chi connectivity index (χ2n) is 8.60. The van der Waals surface area contributed by atoms with Crippen LogP contribution in [0.25, 0.3) is 0 Å². The molecule has 35 heavy (non-hydrogen) atoms. The second kappa shape index (κ2) is 11.2. The molecule has 7 nitrogen and oxygen atoms in total. The predicted octanol–water partition coefficient (Wildman–Crippen LogP) is 3.39. The maximum absolute atomic E-state index is 13.4. The fourth-order valence-corrected chi connectivity index (χ4v) is 5.39. The molecule has 2 heterocycles. The molecule has 0 spiro atoms. The van der Waals surface area contributed by atoms with E-state index in [0.717, 1.165) is 53.8 Å². The number of ether oxygens (including phenoxy) is 1. The number of halogens is 3. The Morgan fingerprint density at radius 2 is 1.69 bits per heavy atom. The minimum atomic E-state index is -4.45. The number of aliphatic hydroxyl groups excluding tert-OH is 1. The SMILES string of the molecule is O=C(O)COCCN1CCN(CC(O)CN2c3ccccc3Sc3ccc(C(F)(F)F)cc32)CC1. The number of rotatable bonds is 9. The first kappa shape index (κ1) is 25.8. The summed E-state index contributed by atoms with van der Waals surface area (Å²) in [5.41, 5.74) is 0.530. The Balaban J connectivity index is 1.38. The molecular weight excluding hydrogens is 483 g/mol. The minimum Gasteiger partial charge on any atom is -0.480 e. The van der Waals surface area contributed by atoms with Gasteiger partial charge in [0.15, 0.2) is 0 Å². The summed E-state index contributed by atoms with van der Waals surface area (Å²) >= 11 is 1.43. The monoisotopic (exact) mass is 511 g/mol. The zero-order valence-corrected chi connectivity index (χ0v) is 19.9. The van der Waals surface area contributed by atoms with E-state index in [1.54, 1.807) is 4.90 Å². The highest BCUT2D eigenvalue weighted by atomic mass is 32.2. The number of carbonyl (C=O) groups is 1. The van der Waals surface area contributed by atoms with Gasteiger partial charge in [0.25, 0.3) is 0 Å². The number of piperazine rings is 1. The molecule has 1 atom stereocenters. The minimum absolute atomic E-state index is 0.176. The second-order valence-corrected chi connectivity index (χ2v) is 9.69. The molecule has 11 heteroatoms.